The summed E-state index contributed by atoms with van der Waals surface area (Å²) in [6.07, 6.45) is 0. The number of pyridine rings is 1. The van der Waals surface area contributed by atoms with Crippen molar-refractivity contribution in [3.63, 3.8) is 0 Å². The molecule has 0 aliphatic carbocycles. The molecule has 4 aromatic rings. The average molecular weight is 486 g/mol. The summed E-state index contributed by atoms with van der Waals surface area (Å²) in [7, 11) is 3.19. The molecule has 0 saturated carbocycles. The first-order valence-electron chi connectivity index (χ1n) is 11.9. The highest BCUT2D eigenvalue weighted by Gasteiger charge is 2.14. The lowest BCUT2D eigenvalue weighted by Crippen LogP contribution is -2.30. The van der Waals surface area contributed by atoms with E-state index in [1.165, 1.54) is 10.1 Å². The molecule has 0 radical (unpaired) electrons. The van der Waals surface area contributed by atoms with E-state index >= 15 is 0 Å². The fourth-order valence-electron chi connectivity index (χ4n) is 4.02. The Kier molecular flexibility index (Phi) is 7.59. The Morgan fingerprint density at radius 2 is 1.50 bits per heavy atom. The van der Waals surface area contributed by atoms with Gasteiger partial charge in [-0.1, -0.05) is 26.0 Å². The fourth-order valence-corrected chi connectivity index (χ4v) is 4.02. The summed E-state index contributed by atoms with van der Waals surface area (Å²) in [5.41, 5.74) is 3.70. The third kappa shape index (κ3) is 5.68. The number of benzene rings is 3. The topological polar surface area (TPSA) is 81.6 Å². The molecule has 1 heterocycles. The van der Waals surface area contributed by atoms with E-state index in [1.54, 1.807) is 20.3 Å². The van der Waals surface area contributed by atoms with Crippen LogP contribution in [-0.4, -0.2) is 24.7 Å². The molecule has 4 rings (SSSR count). The number of fused-ring (bicyclic) bond motifs is 1. The second-order valence-electron chi connectivity index (χ2n) is 8.89. The van der Waals surface area contributed by atoms with Crippen LogP contribution in [0.25, 0.3) is 10.9 Å². The molecule has 0 unspecified atom stereocenters. The lowest BCUT2D eigenvalue weighted by Gasteiger charge is -2.15. The number of ether oxygens (including phenoxy) is 2. The summed E-state index contributed by atoms with van der Waals surface area (Å²) in [5.74, 6) is 1.50. The van der Waals surface area contributed by atoms with Crippen LogP contribution in [0.3, 0.4) is 0 Å². The highest BCUT2D eigenvalue weighted by atomic mass is 16.5. The largest absolute Gasteiger partial charge is 0.497 e. The van der Waals surface area contributed by atoms with Crippen molar-refractivity contribution in [2.45, 2.75) is 32.9 Å². The van der Waals surface area contributed by atoms with Gasteiger partial charge in [0.1, 0.15) is 18.0 Å². The minimum absolute atomic E-state index is 0.120. The number of nitrogens with zero attached hydrogens (tertiary/aromatic N) is 1. The predicted octanol–water partition coefficient (Wildman–Crippen LogP) is 5.39. The number of rotatable bonds is 9. The summed E-state index contributed by atoms with van der Waals surface area (Å²) < 4.78 is 12.1. The van der Waals surface area contributed by atoms with Crippen LogP contribution in [0.4, 0.5) is 11.4 Å². The van der Waals surface area contributed by atoms with E-state index in [1.807, 2.05) is 66.7 Å². The summed E-state index contributed by atoms with van der Waals surface area (Å²) in [4.78, 5) is 26.5. The second kappa shape index (κ2) is 11.0. The van der Waals surface area contributed by atoms with Gasteiger partial charge in [-0.3, -0.25) is 14.2 Å². The van der Waals surface area contributed by atoms with Crippen molar-refractivity contribution in [1.29, 1.82) is 0 Å². The molecule has 0 saturated heterocycles. The number of nitrogens with one attached hydrogen (secondary N) is 2. The minimum Gasteiger partial charge on any atom is -0.497 e. The molecule has 0 spiro atoms. The Morgan fingerprint density at radius 3 is 2.14 bits per heavy atom. The maximum atomic E-state index is 13.5. The van der Waals surface area contributed by atoms with E-state index in [9.17, 15) is 9.59 Å². The summed E-state index contributed by atoms with van der Waals surface area (Å²) in [5, 5.41) is 7.03. The van der Waals surface area contributed by atoms with Gasteiger partial charge in [0.25, 0.3) is 5.56 Å². The number of aromatic nitrogens is 1. The molecule has 1 aromatic heterocycles. The molecule has 0 aliphatic heterocycles. The van der Waals surface area contributed by atoms with Crippen LogP contribution in [0.5, 0.6) is 11.5 Å². The Hall–Kier alpha value is -4.26. The smallest absolute Gasteiger partial charge is 0.256 e. The molecule has 7 heteroatoms. The number of methoxy groups -OCH3 is 2. The molecule has 3 aromatic carbocycles. The quantitative estimate of drug-likeness (QED) is 0.332. The van der Waals surface area contributed by atoms with E-state index in [2.05, 4.69) is 24.5 Å². The predicted molar refractivity (Wildman–Crippen MR) is 144 cm³/mol. The van der Waals surface area contributed by atoms with Gasteiger partial charge >= 0.3 is 0 Å². The maximum absolute atomic E-state index is 13.5. The summed E-state index contributed by atoms with van der Waals surface area (Å²) in [6, 6.07) is 22.6. The Bertz CT molecular complexity index is 1410. The number of hydrogen-bond donors (Lipinski definition) is 2. The van der Waals surface area contributed by atoms with E-state index in [0.717, 1.165) is 16.8 Å². The van der Waals surface area contributed by atoms with Gasteiger partial charge in [-0.05, 0) is 71.5 Å². The van der Waals surface area contributed by atoms with Crippen molar-refractivity contribution < 1.29 is 14.3 Å². The SMILES string of the molecule is COc1ccc(NCc2cc3ccc(OC)cc3n(CC(=O)Nc3ccc(C(C)C)cc3)c2=O)cc1. The average Bonchev–Trinajstić information content (AvgIpc) is 2.89. The summed E-state index contributed by atoms with van der Waals surface area (Å²) in [6.45, 7) is 4.43. The molecule has 0 fully saturated rings. The van der Waals surface area contributed by atoms with Crippen molar-refractivity contribution in [3.05, 3.63) is 94.3 Å². The van der Waals surface area contributed by atoms with Crippen LogP contribution in [-0.2, 0) is 17.9 Å². The molecule has 0 bridgehead atoms. The number of carbonyl (C=O) groups is 1. The standard InChI is InChI=1S/C29H31N3O4/c1-19(2)20-5-8-24(9-6-20)31-28(33)18-32-27-16-26(36-4)12-7-21(27)15-22(29(32)34)17-30-23-10-13-25(35-3)14-11-23/h5-16,19,30H,17-18H2,1-4H3,(H,31,33). The Balaban J connectivity index is 1.61. The van der Waals surface area contributed by atoms with Crippen LogP contribution in [0, 0.1) is 0 Å². The molecule has 0 aliphatic rings. The van der Waals surface area contributed by atoms with E-state index in [0.29, 0.717) is 35.0 Å². The van der Waals surface area contributed by atoms with Gasteiger partial charge in [0.2, 0.25) is 5.91 Å². The molecular formula is C29H31N3O4. The van der Waals surface area contributed by atoms with E-state index in [-0.39, 0.29) is 18.0 Å². The first-order valence-corrected chi connectivity index (χ1v) is 11.9. The van der Waals surface area contributed by atoms with Crippen molar-refractivity contribution >= 4 is 28.2 Å². The van der Waals surface area contributed by atoms with Crippen molar-refractivity contribution in [3.8, 4) is 11.5 Å². The fraction of sp³-hybridized carbons (Fsp3) is 0.241. The zero-order chi connectivity index (χ0) is 25.7. The zero-order valence-electron chi connectivity index (χ0n) is 21.0. The summed E-state index contributed by atoms with van der Waals surface area (Å²) >= 11 is 0. The molecule has 7 nitrogen and oxygen atoms in total. The van der Waals surface area contributed by atoms with Crippen LogP contribution < -0.4 is 25.7 Å². The Morgan fingerprint density at radius 1 is 0.861 bits per heavy atom. The number of amides is 1. The third-order valence-electron chi connectivity index (χ3n) is 6.11. The lowest BCUT2D eigenvalue weighted by molar-refractivity contribution is -0.116. The number of carbonyl (C=O) groups excluding carboxylic acids is 1. The van der Waals surface area contributed by atoms with Gasteiger partial charge in [0.05, 0.1) is 19.7 Å². The molecule has 2 N–H and O–H groups in total. The van der Waals surface area contributed by atoms with E-state index in [4.69, 9.17) is 9.47 Å². The zero-order valence-corrected chi connectivity index (χ0v) is 21.0. The maximum Gasteiger partial charge on any atom is 0.256 e. The van der Waals surface area contributed by atoms with Crippen molar-refractivity contribution in [2.24, 2.45) is 0 Å². The number of anilines is 2. The van der Waals surface area contributed by atoms with Gasteiger partial charge in [0, 0.05) is 29.5 Å². The van der Waals surface area contributed by atoms with Crippen LogP contribution in [0.2, 0.25) is 0 Å². The van der Waals surface area contributed by atoms with Crippen LogP contribution >= 0.6 is 0 Å². The minimum atomic E-state index is -0.279. The molecular weight excluding hydrogens is 454 g/mol. The van der Waals surface area contributed by atoms with Crippen molar-refractivity contribution in [1.82, 2.24) is 4.57 Å². The lowest BCUT2D eigenvalue weighted by atomic mass is 10.0. The van der Waals surface area contributed by atoms with Gasteiger partial charge in [-0.15, -0.1) is 0 Å². The highest BCUT2D eigenvalue weighted by molar-refractivity contribution is 5.92. The van der Waals surface area contributed by atoms with Crippen LogP contribution in [0.1, 0.15) is 30.9 Å². The monoisotopic (exact) mass is 485 g/mol. The van der Waals surface area contributed by atoms with Gasteiger partial charge < -0.3 is 20.1 Å². The van der Waals surface area contributed by atoms with Crippen molar-refractivity contribution in [2.75, 3.05) is 24.9 Å². The van der Waals surface area contributed by atoms with E-state index < -0.39 is 0 Å². The molecule has 1 amide bonds. The normalized spacial score (nSPS) is 10.9. The molecule has 186 valence electrons. The van der Waals surface area contributed by atoms with Gasteiger partial charge in [0.15, 0.2) is 0 Å². The number of hydrogen-bond acceptors (Lipinski definition) is 5. The second-order valence-corrected chi connectivity index (χ2v) is 8.89. The third-order valence-corrected chi connectivity index (χ3v) is 6.11. The first kappa shape index (κ1) is 24.9. The Labute approximate surface area is 210 Å². The highest BCUT2D eigenvalue weighted by Crippen LogP contribution is 2.22. The van der Waals surface area contributed by atoms with Gasteiger partial charge in [-0.25, -0.2) is 0 Å². The van der Waals surface area contributed by atoms with Crippen LogP contribution in [0.15, 0.2) is 77.6 Å². The molecule has 0 atom stereocenters. The molecule has 36 heavy (non-hydrogen) atoms. The van der Waals surface area contributed by atoms with Gasteiger partial charge in [-0.2, -0.15) is 0 Å². The first-order chi connectivity index (χ1) is 17.4.